The van der Waals surface area contributed by atoms with Crippen molar-refractivity contribution in [2.75, 3.05) is 25.1 Å². The van der Waals surface area contributed by atoms with Gasteiger partial charge in [0, 0.05) is 23.7 Å². The Hall–Kier alpha value is -1.97. The molecule has 1 aromatic carbocycles. The van der Waals surface area contributed by atoms with Crippen molar-refractivity contribution in [2.24, 2.45) is 11.8 Å². The molecule has 8 nitrogen and oxygen atoms in total. The lowest BCUT2D eigenvalue weighted by atomic mass is 9.70. The number of carbonyl (C=O) groups excluding carboxylic acids is 3. The minimum Gasteiger partial charge on any atom is -0.466 e. The number of anilines is 1. The molecule has 3 unspecified atom stereocenters. The van der Waals surface area contributed by atoms with E-state index in [1.54, 1.807) is 11.8 Å². The molecule has 0 aliphatic carbocycles. The fraction of sp³-hybridized carbons (Fsp3) is 0.640. The molecular weight excluding hydrogens is 504 g/mol. The van der Waals surface area contributed by atoms with Crippen molar-refractivity contribution in [3.8, 4) is 0 Å². The molecule has 2 N–H and O–H groups in total. The molecule has 6 atom stereocenters. The molecule has 1 aromatic rings. The number of alkyl halides is 1. The highest BCUT2D eigenvalue weighted by molar-refractivity contribution is 9.09. The molecule has 1 spiro atoms. The maximum atomic E-state index is 13.8. The van der Waals surface area contributed by atoms with E-state index in [1.165, 1.54) is 0 Å². The molecule has 4 rings (SSSR count). The summed E-state index contributed by atoms with van der Waals surface area (Å²) in [4.78, 5) is 41.9. The third kappa shape index (κ3) is 4.05. The topological polar surface area (TPSA) is 105 Å². The zero-order valence-electron chi connectivity index (χ0n) is 19.9. The number of aryl methyl sites for hydroxylation is 2. The summed E-state index contributed by atoms with van der Waals surface area (Å²) in [7, 11) is 0. The van der Waals surface area contributed by atoms with Crippen molar-refractivity contribution in [1.82, 2.24) is 4.90 Å². The summed E-state index contributed by atoms with van der Waals surface area (Å²) in [6.07, 6.45) is 1.95. The average Bonchev–Trinajstić information content (AvgIpc) is 3.37. The second-order valence-corrected chi connectivity index (χ2v) is 10.7. The van der Waals surface area contributed by atoms with E-state index in [2.05, 4.69) is 21.2 Å². The second-order valence-electron chi connectivity index (χ2n) is 9.49. The van der Waals surface area contributed by atoms with Gasteiger partial charge in [0.15, 0.2) is 0 Å². The van der Waals surface area contributed by atoms with E-state index in [9.17, 15) is 14.4 Å². The molecule has 9 heteroatoms. The Labute approximate surface area is 208 Å². The fourth-order valence-electron chi connectivity index (χ4n) is 5.95. The Balaban J connectivity index is 1.70. The van der Waals surface area contributed by atoms with Crippen LogP contribution < -0.4 is 5.32 Å². The van der Waals surface area contributed by atoms with Crippen LogP contribution in [0, 0.1) is 25.7 Å². The summed E-state index contributed by atoms with van der Waals surface area (Å²) >= 11 is 3.64. The Morgan fingerprint density at radius 2 is 1.97 bits per heavy atom. The number of likely N-dealkylation sites (tertiary alicyclic amines) is 1. The van der Waals surface area contributed by atoms with Crippen LogP contribution in [0.1, 0.15) is 43.7 Å². The zero-order chi connectivity index (χ0) is 24.6. The number of ether oxygens (including phenoxy) is 2. The third-order valence-corrected chi connectivity index (χ3v) is 8.23. The minimum absolute atomic E-state index is 0.0813. The summed E-state index contributed by atoms with van der Waals surface area (Å²) in [5.41, 5.74) is 1.50. The second kappa shape index (κ2) is 9.95. The number of aliphatic hydroxyl groups is 1. The number of nitrogens with zero attached hydrogens (tertiary/aromatic N) is 1. The lowest BCUT2D eigenvalue weighted by Crippen LogP contribution is -2.54. The molecule has 0 saturated carbocycles. The first-order chi connectivity index (χ1) is 16.3. The number of para-hydroxylation sites is 1. The van der Waals surface area contributed by atoms with Gasteiger partial charge in [-0.1, -0.05) is 34.1 Å². The molecule has 34 heavy (non-hydrogen) atoms. The highest BCUT2D eigenvalue weighted by Gasteiger charge is 2.76. The lowest BCUT2D eigenvalue weighted by Gasteiger charge is -2.34. The largest absolute Gasteiger partial charge is 0.466 e. The molecule has 2 amide bonds. The fourth-order valence-corrected chi connectivity index (χ4v) is 6.89. The van der Waals surface area contributed by atoms with Crippen molar-refractivity contribution < 1.29 is 29.0 Å². The normalized spacial score (nSPS) is 31.6. The predicted octanol–water partition coefficient (Wildman–Crippen LogP) is 2.72. The van der Waals surface area contributed by atoms with Gasteiger partial charge in [-0.25, -0.2) is 0 Å². The molecule has 3 fully saturated rings. The van der Waals surface area contributed by atoms with E-state index in [-0.39, 0.29) is 29.9 Å². The van der Waals surface area contributed by atoms with Crippen LogP contribution in [0.15, 0.2) is 18.2 Å². The standard InChI is InChI=1S/C25H33BrN2O6/c1-4-33-24(32)17-18-23(31)28(11-6-5-7-12-29)21(25(18)13-16(26)20(17)34-25)22(30)27-19-14(2)9-8-10-15(19)3/h8-10,16-18,20-21,29H,4-7,11-13H2,1-3H3,(H,27,30)/t16?,17-,18+,20-,21?,25?/m1/s1. The molecule has 3 aliphatic rings. The van der Waals surface area contributed by atoms with Gasteiger partial charge >= 0.3 is 5.97 Å². The van der Waals surface area contributed by atoms with Gasteiger partial charge in [0.05, 0.1) is 24.5 Å². The van der Waals surface area contributed by atoms with Crippen LogP contribution in [-0.4, -0.2) is 70.1 Å². The zero-order valence-corrected chi connectivity index (χ0v) is 21.5. The van der Waals surface area contributed by atoms with Gasteiger partial charge < -0.3 is 24.8 Å². The summed E-state index contributed by atoms with van der Waals surface area (Å²) in [5.74, 6) is -2.49. The van der Waals surface area contributed by atoms with Crippen LogP contribution in [0.5, 0.6) is 0 Å². The minimum atomic E-state index is -1.09. The maximum Gasteiger partial charge on any atom is 0.312 e. The Kier molecular flexibility index (Phi) is 7.36. The first-order valence-corrected chi connectivity index (χ1v) is 12.9. The van der Waals surface area contributed by atoms with Crippen LogP contribution in [-0.2, 0) is 23.9 Å². The highest BCUT2D eigenvalue weighted by atomic mass is 79.9. The number of benzene rings is 1. The summed E-state index contributed by atoms with van der Waals surface area (Å²) < 4.78 is 11.7. The van der Waals surface area contributed by atoms with E-state index in [1.807, 2.05) is 32.0 Å². The van der Waals surface area contributed by atoms with E-state index < -0.39 is 35.6 Å². The molecule has 186 valence electrons. The summed E-state index contributed by atoms with van der Waals surface area (Å²) in [6.45, 7) is 6.25. The van der Waals surface area contributed by atoms with Crippen molar-refractivity contribution in [2.45, 2.75) is 69.0 Å². The Morgan fingerprint density at radius 3 is 2.62 bits per heavy atom. The van der Waals surface area contributed by atoms with Gasteiger partial charge in [-0.15, -0.1) is 0 Å². The quantitative estimate of drug-likeness (QED) is 0.285. The Bertz CT molecular complexity index is 950. The first-order valence-electron chi connectivity index (χ1n) is 12.0. The summed E-state index contributed by atoms with van der Waals surface area (Å²) in [6, 6.07) is 4.93. The number of hydrogen-bond donors (Lipinski definition) is 2. The molecule has 0 radical (unpaired) electrons. The molecule has 2 bridgehead atoms. The third-order valence-electron chi connectivity index (χ3n) is 7.38. The average molecular weight is 537 g/mol. The van der Waals surface area contributed by atoms with E-state index in [0.29, 0.717) is 25.8 Å². The maximum absolute atomic E-state index is 13.8. The van der Waals surface area contributed by atoms with Crippen LogP contribution in [0.4, 0.5) is 5.69 Å². The van der Waals surface area contributed by atoms with Crippen LogP contribution in [0.3, 0.4) is 0 Å². The first kappa shape index (κ1) is 25.1. The number of rotatable bonds is 9. The summed E-state index contributed by atoms with van der Waals surface area (Å²) in [5, 5.41) is 12.2. The van der Waals surface area contributed by atoms with E-state index in [4.69, 9.17) is 14.6 Å². The van der Waals surface area contributed by atoms with Crippen molar-refractivity contribution >= 4 is 39.4 Å². The SMILES string of the molecule is CCOC(=O)[C@H]1[C@@H]2OC3(CC2Br)C(C(=O)Nc2c(C)cccc2C)N(CCCCCO)C(=O)[C@H]13. The van der Waals surface area contributed by atoms with Crippen molar-refractivity contribution in [1.29, 1.82) is 0 Å². The number of carbonyl (C=O) groups is 3. The molecule has 3 saturated heterocycles. The molecule has 0 aromatic heterocycles. The van der Waals surface area contributed by atoms with Gasteiger partial charge in [-0.3, -0.25) is 14.4 Å². The van der Waals surface area contributed by atoms with Crippen molar-refractivity contribution in [3.05, 3.63) is 29.3 Å². The molecule has 3 heterocycles. The number of aliphatic hydroxyl groups excluding tert-OH is 1. The highest BCUT2D eigenvalue weighted by Crippen LogP contribution is 2.60. The number of nitrogens with one attached hydrogen (secondary N) is 1. The number of fused-ring (bicyclic) bond motifs is 1. The number of esters is 1. The number of halogens is 1. The van der Waals surface area contributed by atoms with Gasteiger partial charge in [-0.2, -0.15) is 0 Å². The smallest absolute Gasteiger partial charge is 0.312 e. The van der Waals surface area contributed by atoms with Gasteiger partial charge in [0.25, 0.3) is 0 Å². The van der Waals surface area contributed by atoms with E-state index >= 15 is 0 Å². The van der Waals surface area contributed by atoms with Crippen LogP contribution in [0.2, 0.25) is 0 Å². The molecular formula is C25H33BrN2O6. The lowest BCUT2D eigenvalue weighted by molar-refractivity contribution is -0.154. The van der Waals surface area contributed by atoms with Crippen LogP contribution >= 0.6 is 15.9 Å². The van der Waals surface area contributed by atoms with Crippen LogP contribution in [0.25, 0.3) is 0 Å². The predicted molar refractivity (Wildman–Crippen MR) is 130 cm³/mol. The number of unbranched alkanes of at least 4 members (excludes halogenated alkanes) is 2. The van der Waals surface area contributed by atoms with Gasteiger partial charge in [0.1, 0.15) is 11.6 Å². The Morgan fingerprint density at radius 1 is 1.26 bits per heavy atom. The molecule has 3 aliphatic heterocycles. The number of hydrogen-bond acceptors (Lipinski definition) is 6. The van der Waals surface area contributed by atoms with Gasteiger partial charge in [0.2, 0.25) is 11.8 Å². The van der Waals surface area contributed by atoms with Crippen molar-refractivity contribution in [3.63, 3.8) is 0 Å². The van der Waals surface area contributed by atoms with Gasteiger partial charge in [-0.05, 0) is 57.6 Å². The van der Waals surface area contributed by atoms with E-state index in [0.717, 1.165) is 23.2 Å². The number of amides is 2. The monoisotopic (exact) mass is 536 g/mol.